The number of ether oxygens (including phenoxy) is 1. The summed E-state index contributed by atoms with van der Waals surface area (Å²) in [6.45, 7) is 3.68. The van der Waals surface area contributed by atoms with Gasteiger partial charge in [-0.05, 0) is 24.1 Å². The van der Waals surface area contributed by atoms with E-state index in [2.05, 4.69) is 5.32 Å². The second-order valence-electron chi connectivity index (χ2n) is 4.35. The maximum atomic E-state index is 11.6. The van der Waals surface area contributed by atoms with Crippen LogP contribution in [-0.4, -0.2) is 30.3 Å². The van der Waals surface area contributed by atoms with Crippen molar-refractivity contribution >= 4 is 17.5 Å². The number of amides is 1. The van der Waals surface area contributed by atoms with E-state index in [-0.39, 0.29) is 31.1 Å². The minimum Gasteiger partial charge on any atom is -0.484 e. The molecule has 0 saturated heterocycles. The highest BCUT2D eigenvalue weighted by molar-refractivity contribution is 6.30. The minimum absolute atomic E-state index is 0.0828. The number of aliphatic hydroxyl groups is 1. The van der Waals surface area contributed by atoms with Crippen molar-refractivity contribution in [2.24, 2.45) is 5.92 Å². The van der Waals surface area contributed by atoms with Gasteiger partial charge in [0.05, 0.1) is 12.6 Å². The largest absolute Gasteiger partial charge is 0.484 e. The quantitative estimate of drug-likeness (QED) is 0.830. The summed E-state index contributed by atoms with van der Waals surface area (Å²) in [5, 5.41) is 12.4. The topological polar surface area (TPSA) is 58.6 Å². The van der Waals surface area contributed by atoms with Gasteiger partial charge in [0.1, 0.15) is 5.75 Å². The predicted octanol–water partition coefficient (Wildman–Crippen LogP) is 1.85. The molecule has 0 heterocycles. The molecule has 4 nitrogen and oxygen atoms in total. The lowest BCUT2D eigenvalue weighted by molar-refractivity contribution is -0.124. The van der Waals surface area contributed by atoms with Gasteiger partial charge < -0.3 is 15.2 Å². The molecule has 0 aliphatic rings. The zero-order valence-corrected chi connectivity index (χ0v) is 11.3. The molecule has 0 unspecified atom stereocenters. The molecule has 0 radical (unpaired) electrons. The normalized spacial score (nSPS) is 12.3. The highest BCUT2D eigenvalue weighted by atomic mass is 35.5. The van der Waals surface area contributed by atoms with E-state index in [4.69, 9.17) is 21.4 Å². The van der Waals surface area contributed by atoms with Crippen LogP contribution in [0.3, 0.4) is 0 Å². The van der Waals surface area contributed by atoms with Crippen molar-refractivity contribution in [1.82, 2.24) is 5.32 Å². The Hall–Kier alpha value is -1.26. The molecule has 0 saturated carbocycles. The van der Waals surface area contributed by atoms with Crippen molar-refractivity contribution < 1.29 is 14.6 Å². The SMILES string of the molecule is CC(C)[C@@H](CO)NC(=O)COc1cccc(Cl)c1. The number of hydrogen-bond acceptors (Lipinski definition) is 3. The molecule has 100 valence electrons. The molecule has 0 aromatic heterocycles. The first kappa shape index (κ1) is 14.8. The number of rotatable bonds is 6. The Morgan fingerprint density at radius 2 is 2.22 bits per heavy atom. The van der Waals surface area contributed by atoms with Crippen LogP contribution in [0.5, 0.6) is 5.75 Å². The fourth-order valence-electron chi connectivity index (χ4n) is 1.38. The lowest BCUT2D eigenvalue weighted by atomic mass is 10.1. The van der Waals surface area contributed by atoms with E-state index in [0.717, 1.165) is 0 Å². The number of halogens is 1. The van der Waals surface area contributed by atoms with Gasteiger partial charge >= 0.3 is 0 Å². The van der Waals surface area contributed by atoms with Crippen LogP contribution in [0, 0.1) is 5.92 Å². The van der Waals surface area contributed by atoms with Crippen LogP contribution in [0.4, 0.5) is 0 Å². The number of carbonyl (C=O) groups is 1. The summed E-state index contributed by atoms with van der Waals surface area (Å²) < 4.78 is 5.30. The Morgan fingerprint density at radius 1 is 1.50 bits per heavy atom. The van der Waals surface area contributed by atoms with Crippen LogP contribution in [0.2, 0.25) is 5.02 Å². The molecule has 2 N–H and O–H groups in total. The standard InChI is InChI=1S/C13H18ClNO3/c1-9(2)12(7-16)15-13(17)8-18-11-5-3-4-10(14)6-11/h3-6,9,12,16H,7-8H2,1-2H3,(H,15,17)/t12-/m1/s1. The number of nitrogens with one attached hydrogen (secondary N) is 1. The molecule has 0 spiro atoms. The highest BCUT2D eigenvalue weighted by Crippen LogP contribution is 2.16. The van der Waals surface area contributed by atoms with Crippen molar-refractivity contribution in [3.05, 3.63) is 29.3 Å². The molecule has 0 aliphatic heterocycles. The van der Waals surface area contributed by atoms with Gasteiger partial charge in [0.25, 0.3) is 5.91 Å². The average Bonchev–Trinajstić information content (AvgIpc) is 2.33. The van der Waals surface area contributed by atoms with Crippen LogP contribution >= 0.6 is 11.6 Å². The molecule has 0 aliphatic carbocycles. The van der Waals surface area contributed by atoms with Gasteiger partial charge in [-0.1, -0.05) is 31.5 Å². The molecular formula is C13H18ClNO3. The number of benzene rings is 1. The maximum absolute atomic E-state index is 11.6. The maximum Gasteiger partial charge on any atom is 0.258 e. The summed E-state index contributed by atoms with van der Waals surface area (Å²) in [6.07, 6.45) is 0. The van der Waals surface area contributed by atoms with E-state index < -0.39 is 0 Å². The number of carbonyl (C=O) groups excluding carboxylic acids is 1. The summed E-state index contributed by atoms with van der Waals surface area (Å²) in [6, 6.07) is 6.60. The van der Waals surface area contributed by atoms with Crippen molar-refractivity contribution in [3.63, 3.8) is 0 Å². The van der Waals surface area contributed by atoms with Gasteiger partial charge in [0, 0.05) is 5.02 Å². The minimum atomic E-state index is -0.261. The van der Waals surface area contributed by atoms with Gasteiger partial charge in [-0.3, -0.25) is 4.79 Å². The molecule has 18 heavy (non-hydrogen) atoms. The molecule has 0 bridgehead atoms. The van der Waals surface area contributed by atoms with Gasteiger partial charge in [-0.15, -0.1) is 0 Å². The molecule has 1 atom stereocenters. The van der Waals surface area contributed by atoms with Gasteiger partial charge in [-0.25, -0.2) is 0 Å². The zero-order chi connectivity index (χ0) is 13.5. The Labute approximate surface area is 112 Å². The van der Waals surface area contributed by atoms with Crippen molar-refractivity contribution in [1.29, 1.82) is 0 Å². The Bertz CT molecular complexity index is 396. The zero-order valence-electron chi connectivity index (χ0n) is 10.5. The average molecular weight is 272 g/mol. The molecule has 1 rings (SSSR count). The first-order valence-corrected chi connectivity index (χ1v) is 6.19. The first-order chi connectivity index (χ1) is 8.52. The van der Waals surface area contributed by atoms with Crippen LogP contribution in [0.15, 0.2) is 24.3 Å². The lowest BCUT2D eigenvalue weighted by Gasteiger charge is -2.19. The van der Waals surface area contributed by atoms with E-state index in [9.17, 15) is 4.79 Å². The fraction of sp³-hybridized carbons (Fsp3) is 0.462. The molecule has 1 aromatic rings. The summed E-state index contributed by atoms with van der Waals surface area (Å²) >= 11 is 5.79. The van der Waals surface area contributed by atoms with E-state index in [1.807, 2.05) is 13.8 Å². The predicted molar refractivity (Wildman–Crippen MR) is 70.8 cm³/mol. The van der Waals surface area contributed by atoms with Crippen LogP contribution in [-0.2, 0) is 4.79 Å². The van der Waals surface area contributed by atoms with E-state index in [1.165, 1.54) is 0 Å². The summed E-state index contributed by atoms with van der Waals surface area (Å²) in [5.74, 6) is 0.454. The fourth-order valence-corrected chi connectivity index (χ4v) is 1.56. The molecule has 0 fully saturated rings. The summed E-state index contributed by atoms with van der Waals surface area (Å²) in [7, 11) is 0. The van der Waals surface area contributed by atoms with Crippen LogP contribution < -0.4 is 10.1 Å². The van der Waals surface area contributed by atoms with Gasteiger partial charge in [0.15, 0.2) is 6.61 Å². The highest BCUT2D eigenvalue weighted by Gasteiger charge is 2.15. The van der Waals surface area contributed by atoms with Gasteiger partial charge in [0.2, 0.25) is 0 Å². The number of aliphatic hydroxyl groups excluding tert-OH is 1. The third-order valence-corrected chi connectivity index (χ3v) is 2.75. The van der Waals surface area contributed by atoms with E-state index in [0.29, 0.717) is 10.8 Å². The van der Waals surface area contributed by atoms with E-state index >= 15 is 0 Å². The molecule has 1 amide bonds. The Morgan fingerprint density at radius 3 is 2.78 bits per heavy atom. The summed E-state index contributed by atoms with van der Waals surface area (Å²) in [5.41, 5.74) is 0. The first-order valence-electron chi connectivity index (χ1n) is 5.81. The van der Waals surface area contributed by atoms with Crippen molar-refractivity contribution in [2.75, 3.05) is 13.2 Å². The second-order valence-corrected chi connectivity index (χ2v) is 4.78. The Balaban J connectivity index is 2.41. The van der Waals surface area contributed by atoms with Crippen molar-refractivity contribution in [2.45, 2.75) is 19.9 Å². The molecule has 5 heteroatoms. The second kappa shape index (κ2) is 7.24. The molecular weight excluding hydrogens is 254 g/mol. The van der Waals surface area contributed by atoms with Crippen LogP contribution in [0.25, 0.3) is 0 Å². The van der Waals surface area contributed by atoms with E-state index in [1.54, 1.807) is 24.3 Å². The monoisotopic (exact) mass is 271 g/mol. The summed E-state index contributed by atoms with van der Waals surface area (Å²) in [4.78, 5) is 11.6. The van der Waals surface area contributed by atoms with Crippen molar-refractivity contribution in [3.8, 4) is 5.75 Å². The Kier molecular flexibility index (Phi) is 5.95. The molecule has 1 aromatic carbocycles. The van der Waals surface area contributed by atoms with Crippen LogP contribution in [0.1, 0.15) is 13.8 Å². The third-order valence-electron chi connectivity index (χ3n) is 2.51. The number of hydrogen-bond donors (Lipinski definition) is 2. The lowest BCUT2D eigenvalue weighted by Crippen LogP contribution is -2.43. The smallest absolute Gasteiger partial charge is 0.258 e. The third kappa shape index (κ3) is 4.94. The van der Waals surface area contributed by atoms with Gasteiger partial charge in [-0.2, -0.15) is 0 Å².